The number of sulfonamides is 1. The standard InChI is InChI=1S/C14H29N3O2S/c1-3-15-12-14(6-4-5-7-14)13-16-8-10-17(11-9-16)20(2,18)19/h15H,3-13H2,1-2H3. The van der Waals surface area contributed by atoms with Gasteiger partial charge >= 0.3 is 0 Å². The maximum Gasteiger partial charge on any atom is 0.211 e. The monoisotopic (exact) mass is 303 g/mol. The van der Waals surface area contributed by atoms with Gasteiger partial charge in [-0.15, -0.1) is 0 Å². The summed E-state index contributed by atoms with van der Waals surface area (Å²) >= 11 is 0. The van der Waals surface area contributed by atoms with E-state index >= 15 is 0 Å². The molecule has 2 rings (SSSR count). The predicted octanol–water partition coefficient (Wildman–Crippen LogP) is 0.734. The van der Waals surface area contributed by atoms with E-state index < -0.39 is 10.0 Å². The summed E-state index contributed by atoms with van der Waals surface area (Å²) in [6.07, 6.45) is 6.62. The molecule has 0 spiro atoms. The first-order valence-corrected chi connectivity index (χ1v) is 9.68. The van der Waals surface area contributed by atoms with Crippen molar-refractivity contribution >= 4 is 10.0 Å². The number of piperazine rings is 1. The quantitative estimate of drug-likeness (QED) is 0.786. The third kappa shape index (κ3) is 4.16. The molecule has 1 aliphatic heterocycles. The van der Waals surface area contributed by atoms with Crippen LogP contribution in [0.4, 0.5) is 0 Å². The third-order valence-corrected chi connectivity index (χ3v) is 6.08. The first-order chi connectivity index (χ1) is 9.45. The van der Waals surface area contributed by atoms with E-state index in [-0.39, 0.29) is 0 Å². The van der Waals surface area contributed by atoms with Gasteiger partial charge in [0, 0.05) is 39.3 Å². The maximum atomic E-state index is 11.5. The van der Waals surface area contributed by atoms with Crippen molar-refractivity contribution in [3.8, 4) is 0 Å². The number of hydrogen-bond donors (Lipinski definition) is 1. The van der Waals surface area contributed by atoms with E-state index in [1.165, 1.54) is 31.9 Å². The van der Waals surface area contributed by atoms with E-state index in [1.807, 2.05) is 0 Å². The van der Waals surface area contributed by atoms with Gasteiger partial charge in [0.1, 0.15) is 0 Å². The molecule has 1 saturated carbocycles. The van der Waals surface area contributed by atoms with Crippen molar-refractivity contribution in [2.45, 2.75) is 32.6 Å². The normalized spacial score (nSPS) is 25.1. The largest absolute Gasteiger partial charge is 0.316 e. The zero-order valence-electron chi connectivity index (χ0n) is 12.9. The Labute approximate surface area is 123 Å². The van der Waals surface area contributed by atoms with Crippen LogP contribution in [0, 0.1) is 5.41 Å². The molecule has 20 heavy (non-hydrogen) atoms. The van der Waals surface area contributed by atoms with Crippen molar-refractivity contribution in [2.75, 3.05) is 52.1 Å². The van der Waals surface area contributed by atoms with Crippen molar-refractivity contribution in [1.29, 1.82) is 0 Å². The van der Waals surface area contributed by atoms with Gasteiger partial charge in [0.15, 0.2) is 0 Å². The molecule has 0 bridgehead atoms. The molecule has 0 aromatic heterocycles. The van der Waals surface area contributed by atoms with Crippen molar-refractivity contribution in [3.63, 3.8) is 0 Å². The van der Waals surface area contributed by atoms with E-state index in [4.69, 9.17) is 0 Å². The molecule has 6 heteroatoms. The van der Waals surface area contributed by atoms with Crippen LogP contribution in [0.5, 0.6) is 0 Å². The Hall–Kier alpha value is -0.170. The van der Waals surface area contributed by atoms with Gasteiger partial charge in [-0.3, -0.25) is 0 Å². The summed E-state index contributed by atoms with van der Waals surface area (Å²) in [7, 11) is -3.01. The molecule has 118 valence electrons. The van der Waals surface area contributed by atoms with Gasteiger partial charge in [0.2, 0.25) is 10.0 Å². The van der Waals surface area contributed by atoms with Gasteiger partial charge < -0.3 is 10.2 Å². The maximum absolute atomic E-state index is 11.5. The first-order valence-electron chi connectivity index (χ1n) is 7.83. The molecular formula is C14H29N3O2S. The van der Waals surface area contributed by atoms with Crippen molar-refractivity contribution in [2.24, 2.45) is 5.41 Å². The molecule has 2 fully saturated rings. The Morgan fingerprint density at radius 1 is 1.10 bits per heavy atom. The van der Waals surface area contributed by atoms with Crippen LogP contribution in [0.15, 0.2) is 0 Å². The van der Waals surface area contributed by atoms with E-state index in [0.29, 0.717) is 18.5 Å². The van der Waals surface area contributed by atoms with Gasteiger partial charge in [0.25, 0.3) is 0 Å². The van der Waals surface area contributed by atoms with Crippen LogP contribution < -0.4 is 5.32 Å². The molecule has 0 aromatic rings. The molecule has 0 unspecified atom stereocenters. The Morgan fingerprint density at radius 3 is 2.20 bits per heavy atom. The highest BCUT2D eigenvalue weighted by atomic mass is 32.2. The van der Waals surface area contributed by atoms with Gasteiger partial charge in [-0.1, -0.05) is 19.8 Å². The summed E-state index contributed by atoms with van der Waals surface area (Å²) in [4.78, 5) is 2.46. The number of nitrogens with zero attached hydrogens (tertiary/aromatic N) is 2. The fourth-order valence-electron chi connectivity index (χ4n) is 3.60. The lowest BCUT2D eigenvalue weighted by Gasteiger charge is -2.39. The van der Waals surface area contributed by atoms with E-state index in [1.54, 1.807) is 4.31 Å². The number of nitrogens with one attached hydrogen (secondary N) is 1. The molecule has 0 radical (unpaired) electrons. The van der Waals surface area contributed by atoms with Gasteiger partial charge in [0.05, 0.1) is 6.26 Å². The van der Waals surface area contributed by atoms with Crippen LogP contribution in [0.3, 0.4) is 0 Å². The molecule has 1 saturated heterocycles. The lowest BCUT2D eigenvalue weighted by atomic mass is 9.85. The average molecular weight is 303 g/mol. The Kier molecular flexibility index (Phi) is 5.45. The summed E-state index contributed by atoms with van der Waals surface area (Å²) in [6.45, 7) is 8.47. The van der Waals surface area contributed by atoms with Gasteiger partial charge in [-0.2, -0.15) is 4.31 Å². The smallest absolute Gasteiger partial charge is 0.211 e. The molecule has 2 aliphatic rings. The van der Waals surface area contributed by atoms with Gasteiger partial charge in [-0.05, 0) is 24.8 Å². The SMILES string of the molecule is CCNCC1(CN2CCN(S(C)(=O)=O)CC2)CCCC1. The highest BCUT2D eigenvalue weighted by molar-refractivity contribution is 7.88. The lowest BCUT2D eigenvalue weighted by molar-refractivity contribution is 0.114. The summed E-state index contributed by atoms with van der Waals surface area (Å²) in [5.41, 5.74) is 0.420. The predicted molar refractivity (Wildman–Crippen MR) is 82.3 cm³/mol. The van der Waals surface area contributed by atoms with Crippen LogP contribution in [-0.2, 0) is 10.0 Å². The highest BCUT2D eigenvalue weighted by Crippen LogP contribution is 2.38. The van der Waals surface area contributed by atoms with Crippen molar-refractivity contribution in [1.82, 2.24) is 14.5 Å². The van der Waals surface area contributed by atoms with E-state index in [2.05, 4.69) is 17.1 Å². The second kappa shape index (κ2) is 6.73. The summed E-state index contributed by atoms with van der Waals surface area (Å²) < 4.78 is 24.7. The highest BCUT2D eigenvalue weighted by Gasteiger charge is 2.36. The fourth-order valence-corrected chi connectivity index (χ4v) is 4.43. The van der Waals surface area contributed by atoms with E-state index in [9.17, 15) is 8.42 Å². The Bertz CT molecular complexity index is 397. The van der Waals surface area contributed by atoms with E-state index in [0.717, 1.165) is 32.7 Å². The molecular weight excluding hydrogens is 274 g/mol. The molecule has 1 heterocycles. The lowest BCUT2D eigenvalue weighted by Crippen LogP contribution is -2.52. The minimum Gasteiger partial charge on any atom is -0.316 e. The summed E-state index contributed by atoms with van der Waals surface area (Å²) in [5.74, 6) is 0. The zero-order valence-corrected chi connectivity index (χ0v) is 13.7. The molecule has 0 atom stereocenters. The average Bonchev–Trinajstić information content (AvgIpc) is 2.85. The summed E-state index contributed by atoms with van der Waals surface area (Å²) in [6, 6.07) is 0. The van der Waals surface area contributed by atoms with Crippen LogP contribution in [-0.4, -0.2) is 69.7 Å². The molecule has 1 aliphatic carbocycles. The summed E-state index contributed by atoms with van der Waals surface area (Å²) in [5, 5.41) is 3.52. The fraction of sp³-hybridized carbons (Fsp3) is 1.00. The van der Waals surface area contributed by atoms with Crippen molar-refractivity contribution < 1.29 is 8.42 Å². The second-order valence-electron chi connectivity index (χ2n) is 6.43. The second-order valence-corrected chi connectivity index (χ2v) is 8.41. The molecule has 5 nitrogen and oxygen atoms in total. The first kappa shape index (κ1) is 16.2. The number of rotatable bonds is 6. The molecule has 1 N–H and O–H groups in total. The molecule has 0 aromatic carbocycles. The third-order valence-electron chi connectivity index (χ3n) is 4.77. The topological polar surface area (TPSA) is 52.6 Å². The Morgan fingerprint density at radius 2 is 1.70 bits per heavy atom. The van der Waals surface area contributed by atoms with Crippen LogP contribution in [0.25, 0.3) is 0 Å². The zero-order chi connectivity index (χ0) is 14.6. The van der Waals surface area contributed by atoms with Crippen LogP contribution in [0.1, 0.15) is 32.6 Å². The minimum absolute atomic E-state index is 0.420. The van der Waals surface area contributed by atoms with Gasteiger partial charge in [-0.25, -0.2) is 8.42 Å². The minimum atomic E-state index is -3.01. The molecule has 0 amide bonds. The van der Waals surface area contributed by atoms with Crippen molar-refractivity contribution in [3.05, 3.63) is 0 Å². The number of hydrogen-bond acceptors (Lipinski definition) is 4. The van der Waals surface area contributed by atoms with Crippen LogP contribution >= 0.6 is 0 Å². The van der Waals surface area contributed by atoms with Crippen LogP contribution in [0.2, 0.25) is 0 Å². The Balaban J connectivity index is 1.87.